The molecule has 0 radical (unpaired) electrons. The molecule has 0 N–H and O–H groups in total. The van der Waals surface area contributed by atoms with Crippen LogP contribution in [0.3, 0.4) is 0 Å². The van der Waals surface area contributed by atoms with Gasteiger partial charge in [-0.3, -0.25) is 0 Å². The highest BCUT2D eigenvalue weighted by Crippen LogP contribution is 2.53. The number of rotatable bonds is 6. The molecule has 0 amide bonds. The summed E-state index contributed by atoms with van der Waals surface area (Å²) in [6.45, 7) is 4.19. The molecule has 2 heteroatoms. The Labute approximate surface area is 146 Å². The van der Waals surface area contributed by atoms with Crippen molar-refractivity contribution in [1.82, 2.24) is 0 Å². The lowest BCUT2D eigenvalue weighted by atomic mass is 9.84. The van der Waals surface area contributed by atoms with Crippen molar-refractivity contribution in [3.05, 3.63) is 108 Å². The van der Waals surface area contributed by atoms with E-state index in [9.17, 15) is 0 Å². The highest BCUT2D eigenvalue weighted by molar-refractivity contribution is 7.34. The minimum absolute atomic E-state index is 0.193. The Morgan fingerprint density at radius 3 is 1.25 bits per heavy atom. The van der Waals surface area contributed by atoms with Crippen LogP contribution in [0.2, 0.25) is 0 Å². The predicted molar refractivity (Wildman–Crippen MR) is 104 cm³/mol. The molecule has 1 nitrogen and oxygen atoms in total. The van der Waals surface area contributed by atoms with Gasteiger partial charge in [-0.15, -0.1) is 0 Å². The Balaban J connectivity index is 2.24. The standard InChI is InChI=1S/C22H23OP/c1-18(2)23-24-22(19-12-6-3-7-13-19,20-14-8-4-9-15-20)21-16-10-5-11-17-21/h3-18,24H,1-2H3. The Hall–Kier alpha value is -1.95. The van der Waals surface area contributed by atoms with E-state index >= 15 is 0 Å². The average Bonchev–Trinajstić information content (AvgIpc) is 2.65. The van der Waals surface area contributed by atoms with Crippen molar-refractivity contribution in [3.8, 4) is 0 Å². The Bertz CT molecular complexity index is 642. The van der Waals surface area contributed by atoms with Crippen molar-refractivity contribution in [3.63, 3.8) is 0 Å². The maximum absolute atomic E-state index is 6.20. The van der Waals surface area contributed by atoms with Gasteiger partial charge >= 0.3 is 0 Å². The van der Waals surface area contributed by atoms with E-state index in [2.05, 4.69) is 105 Å². The SMILES string of the molecule is CC(C)OPC(c1ccccc1)(c1ccccc1)c1ccccc1. The van der Waals surface area contributed by atoms with Crippen molar-refractivity contribution in [2.24, 2.45) is 0 Å². The zero-order valence-corrected chi connectivity index (χ0v) is 15.1. The van der Waals surface area contributed by atoms with Crippen LogP contribution in [0.1, 0.15) is 30.5 Å². The van der Waals surface area contributed by atoms with Gasteiger partial charge in [0.2, 0.25) is 0 Å². The molecule has 0 saturated carbocycles. The minimum Gasteiger partial charge on any atom is -0.358 e. The molecule has 0 spiro atoms. The smallest absolute Gasteiger partial charge is 0.0867 e. The molecule has 0 bridgehead atoms. The van der Waals surface area contributed by atoms with E-state index in [4.69, 9.17) is 4.52 Å². The van der Waals surface area contributed by atoms with Gasteiger partial charge in [0.25, 0.3) is 0 Å². The van der Waals surface area contributed by atoms with E-state index in [1.54, 1.807) is 0 Å². The fraction of sp³-hybridized carbons (Fsp3) is 0.182. The van der Waals surface area contributed by atoms with Gasteiger partial charge in [-0.1, -0.05) is 91.0 Å². The van der Waals surface area contributed by atoms with E-state index in [1.807, 2.05) is 0 Å². The topological polar surface area (TPSA) is 9.23 Å². The molecule has 3 aromatic rings. The summed E-state index contributed by atoms with van der Waals surface area (Å²) in [6.07, 6.45) is 0.193. The maximum Gasteiger partial charge on any atom is 0.0867 e. The summed E-state index contributed by atoms with van der Waals surface area (Å²) in [6, 6.07) is 32.1. The van der Waals surface area contributed by atoms with Crippen LogP contribution in [0.15, 0.2) is 91.0 Å². The van der Waals surface area contributed by atoms with E-state index in [1.165, 1.54) is 16.7 Å². The molecular weight excluding hydrogens is 311 g/mol. The van der Waals surface area contributed by atoms with Crippen LogP contribution in [0, 0.1) is 0 Å². The monoisotopic (exact) mass is 334 g/mol. The zero-order valence-electron chi connectivity index (χ0n) is 14.1. The second-order valence-electron chi connectivity index (χ2n) is 6.12. The van der Waals surface area contributed by atoms with Gasteiger partial charge in [0.15, 0.2) is 0 Å². The zero-order chi connectivity index (χ0) is 16.8. The first kappa shape index (κ1) is 16.9. The molecule has 1 unspecified atom stereocenters. The molecule has 3 rings (SSSR count). The van der Waals surface area contributed by atoms with Crippen LogP contribution in [-0.2, 0) is 9.68 Å². The lowest BCUT2D eigenvalue weighted by molar-refractivity contribution is 0.274. The molecule has 0 saturated heterocycles. The highest BCUT2D eigenvalue weighted by Gasteiger charge is 2.37. The fourth-order valence-corrected chi connectivity index (χ4v) is 4.21. The first-order valence-corrected chi connectivity index (χ1v) is 9.23. The number of hydrogen-bond donors (Lipinski definition) is 0. The molecule has 0 aromatic heterocycles. The van der Waals surface area contributed by atoms with E-state index in [0.29, 0.717) is 8.81 Å². The maximum atomic E-state index is 6.20. The number of hydrogen-bond acceptors (Lipinski definition) is 1. The molecule has 24 heavy (non-hydrogen) atoms. The van der Waals surface area contributed by atoms with E-state index in [-0.39, 0.29) is 11.3 Å². The number of benzene rings is 3. The second kappa shape index (κ2) is 7.75. The van der Waals surface area contributed by atoms with Crippen LogP contribution in [-0.4, -0.2) is 6.10 Å². The molecule has 0 fully saturated rings. The van der Waals surface area contributed by atoms with Gasteiger partial charge in [-0.25, -0.2) is 0 Å². The van der Waals surface area contributed by atoms with E-state index < -0.39 is 0 Å². The third-order valence-electron chi connectivity index (χ3n) is 4.07. The fourth-order valence-electron chi connectivity index (χ4n) is 2.95. The Morgan fingerprint density at radius 2 is 0.958 bits per heavy atom. The molecule has 0 heterocycles. The minimum atomic E-state index is -0.284. The summed E-state index contributed by atoms with van der Waals surface area (Å²) in [5, 5.41) is -0.284. The molecule has 0 aliphatic heterocycles. The van der Waals surface area contributed by atoms with Crippen molar-refractivity contribution >= 4 is 8.81 Å². The molecule has 0 aliphatic carbocycles. The highest BCUT2D eigenvalue weighted by atomic mass is 31.1. The van der Waals surface area contributed by atoms with Crippen LogP contribution >= 0.6 is 8.81 Å². The Morgan fingerprint density at radius 1 is 0.625 bits per heavy atom. The summed E-state index contributed by atoms with van der Waals surface area (Å²) in [5.41, 5.74) is 3.80. The molecule has 122 valence electrons. The van der Waals surface area contributed by atoms with Crippen molar-refractivity contribution < 1.29 is 4.52 Å². The quantitative estimate of drug-likeness (QED) is 0.397. The molecule has 0 aliphatic rings. The van der Waals surface area contributed by atoms with E-state index in [0.717, 1.165) is 0 Å². The van der Waals surface area contributed by atoms with Gasteiger partial charge in [-0.05, 0) is 30.5 Å². The van der Waals surface area contributed by atoms with Crippen LogP contribution < -0.4 is 0 Å². The van der Waals surface area contributed by atoms with Gasteiger partial charge in [0.1, 0.15) is 0 Å². The first-order valence-electron chi connectivity index (χ1n) is 8.33. The lowest BCUT2D eigenvalue weighted by Crippen LogP contribution is -2.25. The third-order valence-corrected chi connectivity index (χ3v) is 5.83. The summed E-state index contributed by atoms with van der Waals surface area (Å²) >= 11 is 0. The van der Waals surface area contributed by atoms with Gasteiger partial charge in [0.05, 0.1) is 11.3 Å². The second-order valence-corrected chi connectivity index (χ2v) is 7.31. The van der Waals surface area contributed by atoms with Crippen LogP contribution in [0.25, 0.3) is 0 Å². The van der Waals surface area contributed by atoms with Crippen molar-refractivity contribution in [1.29, 1.82) is 0 Å². The van der Waals surface area contributed by atoms with Crippen molar-refractivity contribution in [2.75, 3.05) is 0 Å². The van der Waals surface area contributed by atoms with Crippen LogP contribution in [0.5, 0.6) is 0 Å². The normalized spacial score (nSPS) is 12.1. The van der Waals surface area contributed by atoms with Gasteiger partial charge in [0, 0.05) is 8.81 Å². The third kappa shape index (κ3) is 3.43. The van der Waals surface area contributed by atoms with Crippen LogP contribution in [0.4, 0.5) is 0 Å². The van der Waals surface area contributed by atoms with Gasteiger partial charge in [-0.2, -0.15) is 0 Å². The first-order chi connectivity index (χ1) is 11.7. The summed E-state index contributed by atoms with van der Waals surface area (Å²) < 4.78 is 6.20. The largest absolute Gasteiger partial charge is 0.358 e. The summed E-state index contributed by atoms with van der Waals surface area (Å²) in [7, 11) is 0.306. The summed E-state index contributed by atoms with van der Waals surface area (Å²) in [4.78, 5) is 0. The lowest BCUT2D eigenvalue weighted by Gasteiger charge is -2.36. The molecule has 3 aromatic carbocycles. The predicted octanol–water partition coefficient (Wildman–Crippen LogP) is 6.00. The molecule has 1 atom stereocenters. The summed E-state index contributed by atoms with van der Waals surface area (Å²) in [5.74, 6) is 0. The molecular formula is C22H23OP. The van der Waals surface area contributed by atoms with Crippen molar-refractivity contribution in [2.45, 2.75) is 25.1 Å². The average molecular weight is 334 g/mol. The Kier molecular flexibility index (Phi) is 5.45. The van der Waals surface area contributed by atoms with Gasteiger partial charge < -0.3 is 4.52 Å².